The van der Waals surface area contributed by atoms with Gasteiger partial charge in [0, 0.05) is 12.1 Å². The molecule has 1 heterocycles. The average molecular weight is 156 g/mol. The third-order valence-electron chi connectivity index (χ3n) is 0.932. The van der Waals surface area contributed by atoms with Crippen LogP contribution in [0.5, 0.6) is 0 Å². The van der Waals surface area contributed by atoms with Crippen LogP contribution >= 0.6 is 0 Å². The first-order valence-corrected chi connectivity index (χ1v) is 2.69. The number of hydrogen-bond donors (Lipinski definition) is 0. The monoisotopic (exact) mass is 156 g/mol. The molecule has 0 amide bonds. The van der Waals surface area contributed by atoms with E-state index in [1.807, 2.05) is 0 Å². The summed E-state index contributed by atoms with van der Waals surface area (Å²) in [6, 6.07) is 2.31. The van der Waals surface area contributed by atoms with Crippen LogP contribution in [0.15, 0.2) is 29.3 Å². The third kappa shape index (κ3) is 2.09. The number of pyridine rings is 1. The summed E-state index contributed by atoms with van der Waals surface area (Å²) in [5, 5.41) is 8.77. The summed E-state index contributed by atoms with van der Waals surface area (Å²) >= 11 is 0. The van der Waals surface area contributed by atoms with Crippen LogP contribution in [0.3, 0.4) is 0 Å². The van der Waals surface area contributed by atoms with Gasteiger partial charge in [-0.05, 0) is 0 Å². The average Bonchev–Trinajstić information content (AvgIpc) is 1.93. The van der Waals surface area contributed by atoms with Gasteiger partial charge in [0.1, 0.15) is 12.4 Å². The molecule has 1 aromatic rings. The molecule has 0 atom stereocenters. The normalized spacial score (nSPS) is 9.09. The molecule has 0 aliphatic rings. The molecule has 1 aromatic heterocycles. The number of nitrogens with zero attached hydrogens (tertiary/aromatic N) is 2. The van der Waals surface area contributed by atoms with Gasteiger partial charge in [0.25, 0.3) is 0 Å². The van der Waals surface area contributed by atoms with Crippen LogP contribution in [0.25, 0.3) is 0 Å². The van der Waals surface area contributed by atoms with Crippen molar-refractivity contribution in [2.24, 2.45) is 0 Å². The van der Waals surface area contributed by atoms with Crippen molar-refractivity contribution >= 4 is 0 Å². The first kappa shape index (κ1) is 7.26. The predicted molar refractivity (Wildman–Crippen MR) is 34.3 cm³/mol. The molecule has 0 aliphatic carbocycles. The minimum Gasteiger partial charge on any atom is -0.290 e. The quantitative estimate of drug-likeness (QED) is 0.426. The zero-order valence-electron chi connectivity index (χ0n) is 5.34. The first-order chi connectivity index (χ1) is 5.18. The Balaban J connectivity index is 2.82. The maximum atomic E-state index is 10.5. The summed E-state index contributed by atoms with van der Waals surface area (Å²) in [5.74, 6) is 0. The SMILES string of the molecule is O=c1ccn(O[N+](=O)[O-])cc1. The van der Waals surface area contributed by atoms with Crippen molar-refractivity contribution in [3.05, 3.63) is 44.9 Å². The van der Waals surface area contributed by atoms with Crippen molar-refractivity contribution in [3.63, 3.8) is 0 Å². The van der Waals surface area contributed by atoms with Gasteiger partial charge in [-0.15, -0.1) is 4.73 Å². The van der Waals surface area contributed by atoms with Crippen molar-refractivity contribution in [2.45, 2.75) is 0 Å². The van der Waals surface area contributed by atoms with Crippen molar-refractivity contribution in [3.8, 4) is 0 Å². The Kier molecular flexibility index (Phi) is 1.86. The molecule has 0 radical (unpaired) electrons. The lowest BCUT2D eigenvalue weighted by molar-refractivity contribution is -0.749. The number of rotatable bonds is 2. The fourth-order valence-corrected chi connectivity index (χ4v) is 0.531. The first-order valence-electron chi connectivity index (χ1n) is 2.69. The third-order valence-corrected chi connectivity index (χ3v) is 0.932. The second kappa shape index (κ2) is 2.82. The maximum absolute atomic E-state index is 10.5. The molecule has 0 saturated heterocycles. The topological polar surface area (TPSA) is 74.4 Å². The van der Waals surface area contributed by atoms with Crippen molar-refractivity contribution in [1.29, 1.82) is 0 Å². The predicted octanol–water partition coefficient (Wildman–Crippen LogP) is -0.531. The molecule has 58 valence electrons. The molecule has 0 bridgehead atoms. The summed E-state index contributed by atoms with van der Waals surface area (Å²) in [7, 11) is 0. The molecule has 0 spiro atoms. The molecule has 0 aliphatic heterocycles. The van der Waals surface area contributed by atoms with Gasteiger partial charge in [-0.3, -0.25) is 4.79 Å². The van der Waals surface area contributed by atoms with Crippen LogP contribution in [0.4, 0.5) is 0 Å². The molecule has 0 fully saturated rings. The van der Waals surface area contributed by atoms with E-state index in [4.69, 9.17) is 0 Å². The summed E-state index contributed by atoms with van der Waals surface area (Å²) in [5.41, 5.74) is -0.229. The van der Waals surface area contributed by atoms with Crippen LogP contribution in [0.1, 0.15) is 0 Å². The molecule has 0 saturated carbocycles. The lowest BCUT2D eigenvalue weighted by Gasteiger charge is -1.97. The Morgan fingerprint density at radius 3 is 2.45 bits per heavy atom. The van der Waals surface area contributed by atoms with E-state index in [1.54, 1.807) is 0 Å². The van der Waals surface area contributed by atoms with Crippen molar-refractivity contribution < 1.29 is 10.0 Å². The van der Waals surface area contributed by atoms with E-state index in [0.29, 0.717) is 0 Å². The van der Waals surface area contributed by atoms with Gasteiger partial charge in [-0.2, -0.15) is 4.94 Å². The van der Waals surface area contributed by atoms with Gasteiger partial charge in [0.15, 0.2) is 10.5 Å². The summed E-state index contributed by atoms with van der Waals surface area (Å²) in [6.45, 7) is 0. The van der Waals surface area contributed by atoms with Crippen LogP contribution in [-0.2, 0) is 0 Å². The number of aromatic nitrogens is 1. The second-order valence-corrected chi connectivity index (χ2v) is 1.70. The standard InChI is InChI=1S/C5H4N2O4/c8-5-1-3-6(4-2-5)11-7(9)10/h1-4H. The Hall–Kier alpha value is -1.85. The van der Waals surface area contributed by atoms with Crippen molar-refractivity contribution in [1.82, 2.24) is 4.73 Å². The highest BCUT2D eigenvalue weighted by atomic mass is 17.0. The van der Waals surface area contributed by atoms with E-state index in [2.05, 4.69) is 4.94 Å². The van der Waals surface area contributed by atoms with Gasteiger partial charge in [0.2, 0.25) is 0 Å². The Labute approximate surface area is 60.7 Å². The Morgan fingerprint density at radius 2 is 2.00 bits per heavy atom. The van der Waals surface area contributed by atoms with Gasteiger partial charge in [-0.25, -0.2) is 10.1 Å². The zero-order chi connectivity index (χ0) is 8.27. The molecule has 11 heavy (non-hydrogen) atoms. The summed E-state index contributed by atoms with van der Waals surface area (Å²) in [6.07, 6.45) is 2.32. The largest absolute Gasteiger partial charge is 0.290 e. The highest BCUT2D eigenvalue weighted by Crippen LogP contribution is 1.78. The van der Waals surface area contributed by atoms with E-state index < -0.39 is 5.09 Å². The molecule has 6 heteroatoms. The fourth-order valence-electron chi connectivity index (χ4n) is 0.531. The molecule has 6 nitrogen and oxygen atoms in total. The van der Waals surface area contributed by atoms with Crippen molar-refractivity contribution in [2.75, 3.05) is 0 Å². The molecule has 0 aromatic carbocycles. The van der Waals surface area contributed by atoms with Crippen LogP contribution in [-0.4, -0.2) is 9.82 Å². The van der Waals surface area contributed by atoms with E-state index in [-0.39, 0.29) is 5.43 Å². The minimum absolute atomic E-state index is 0.229. The lowest BCUT2D eigenvalue weighted by atomic mass is 10.5. The van der Waals surface area contributed by atoms with E-state index >= 15 is 0 Å². The van der Waals surface area contributed by atoms with Gasteiger partial charge < -0.3 is 0 Å². The van der Waals surface area contributed by atoms with Gasteiger partial charge in [0.05, 0.1) is 0 Å². The summed E-state index contributed by atoms with van der Waals surface area (Å²) in [4.78, 5) is 24.2. The molecule has 1 rings (SSSR count). The minimum atomic E-state index is -0.968. The lowest BCUT2D eigenvalue weighted by Crippen LogP contribution is -2.18. The maximum Gasteiger partial charge on any atom is 0.186 e. The van der Waals surface area contributed by atoms with Crippen LogP contribution < -0.4 is 10.4 Å². The molecule has 0 unspecified atom stereocenters. The highest BCUT2D eigenvalue weighted by Gasteiger charge is 1.93. The van der Waals surface area contributed by atoms with Crippen LogP contribution in [0, 0.1) is 10.1 Å². The Morgan fingerprint density at radius 1 is 1.45 bits per heavy atom. The smallest absolute Gasteiger partial charge is 0.186 e. The second-order valence-electron chi connectivity index (χ2n) is 1.70. The van der Waals surface area contributed by atoms with Gasteiger partial charge in [-0.1, -0.05) is 0 Å². The molecular formula is C5H4N2O4. The zero-order valence-corrected chi connectivity index (χ0v) is 5.34. The summed E-state index contributed by atoms with van der Waals surface area (Å²) < 4.78 is 0.821. The van der Waals surface area contributed by atoms with E-state index in [9.17, 15) is 14.9 Å². The van der Waals surface area contributed by atoms with E-state index in [0.717, 1.165) is 29.3 Å². The highest BCUT2D eigenvalue weighted by molar-refractivity contribution is 4.91. The van der Waals surface area contributed by atoms with Crippen LogP contribution in [0.2, 0.25) is 0 Å². The molecular weight excluding hydrogens is 152 g/mol. The van der Waals surface area contributed by atoms with E-state index in [1.165, 1.54) is 0 Å². The molecule has 0 N–H and O–H groups in total. The number of hydrogen-bond acceptors (Lipinski definition) is 4. The van der Waals surface area contributed by atoms with Gasteiger partial charge >= 0.3 is 0 Å². The fraction of sp³-hybridized carbons (Fsp3) is 0. The Bertz CT molecular complexity index is 298.